The van der Waals surface area contributed by atoms with Gasteiger partial charge in [-0.2, -0.15) is 0 Å². The van der Waals surface area contributed by atoms with Crippen molar-refractivity contribution in [3.63, 3.8) is 0 Å². The molecular formula is C8H8Cl2FN. The largest absolute Gasteiger partial charge is 0.324 e. The molecule has 1 aromatic rings. The van der Waals surface area contributed by atoms with E-state index >= 15 is 0 Å². The summed E-state index contributed by atoms with van der Waals surface area (Å²) in [5, 5.41) is 0.525. The second-order valence-corrected chi connectivity index (χ2v) is 3.33. The fourth-order valence-corrected chi connectivity index (χ4v) is 1.45. The van der Waals surface area contributed by atoms with Crippen LogP contribution in [0.5, 0.6) is 0 Å². The van der Waals surface area contributed by atoms with Crippen LogP contribution >= 0.6 is 23.2 Å². The van der Waals surface area contributed by atoms with E-state index in [4.69, 9.17) is 28.9 Å². The predicted octanol–water partition coefficient (Wildman–Crippen LogP) is 3.15. The number of hydrogen-bond donors (Lipinski definition) is 1. The lowest BCUT2D eigenvalue weighted by Crippen LogP contribution is -2.08. The van der Waals surface area contributed by atoms with E-state index in [9.17, 15) is 4.39 Å². The van der Waals surface area contributed by atoms with Gasteiger partial charge in [0.25, 0.3) is 0 Å². The highest BCUT2D eigenvalue weighted by Gasteiger charge is 2.13. The third-order valence-corrected chi connectivity index (χ3v) is 2.35. The first-order chi connectivity index (χ1) is 5.54. The van der Waals surface area contributed by atoms with Crippen molar-refractivity contribution in [2.24, 2.45) is 5.73 Å². The Labute approximate surface area is 80.3 Å². The number of nitrogens with two attached hydrogens (primary N) is 1. The molecule has 2 N–H and O–H groups in total. The SMILES string of the molecule is C[C@H](N)c1c(F)ccc(Cl)c1Cl. The van der Waals surface area contributed by atoms with Crippen molar-refractivity contribution in [2.45, 2.75) is 13.0 Å². The summed E-state index contributed by atoms with van der Waals surface area (Å²) in [6.45, 7) is 1.65. The van der Waals surface area contributed by atoms with Gasteiger partial charge in [0.05, 0.1) is 10.0 Å². The molecule has 0 radical (unpaired) electrons. The van der Waals surface area contributed by atoms with Crippen LogP contribution in [-0.4, -0.2) is 0 Å². The van der Waals surface area contributed by atoms with Crippen LogP contribution in [0.1, 0.15) is 18.5 Å². The zero-order valence-corrected chi connectivity index (χ0v) is 7.96. The van der Waals surface area contributed by atoms with Crippen LogP contribution in [0.15, 0.2) is 12.1 Å². The van der Waals surface area contributed by atoms with Gasteiger partial charge in [0.15, 0.2) is 0 Å². The van der Waals surface area contributed by atoms with Crippen LogP contribution in [0.4, 0.5) is 4.39 Å². The molecule has 66 valence electrons. The molecule has 0 aliphatic carbocycles. The Bertz CT molecular complexity index is 299. The van der Waals surface area contributed by atoms with E-state index in [0.717, 1.165) is 0 Å². The molecule has 0 aliphatic rings. The maximum atomic E-state index is 13.1. The van der Waals surface area contributed by atoms with Crippen molar-refractivity contribution < 1.29 is 4.39 Å². The molecule has 0 bridgehead atoms. The smallest absolute Gasteiger partial charge is 0.129 e. The molecule has 0 amide bonds. The van der Waals surface area contributed by atoms with Crippen molar-refractivity contribution in [2.75, 3.05) is 0 Å². The number of halogens is 3. The molecule has 1 nitrogen and oxygen atoms in total. The predicted molar refractivity (Wildman–Crippen MR) is 49.0 cm³/mol. The lowest BCUT2D eigenvalue weighted by molar-refractivity contribution is 0.594. The highest BCUT2D eigenvalue weighted by atomic mass is 35.5. The molecule has 0 fully saturated rings. The van der Waals surface area contributed by atoms with Crippen molar-refractivity contribution in [1.29, 1.82) is 0 Å². The number of benzene rings is 1. The van der Waals surface area contributed by atoms with Crippen LogP contribution < -0.4 is 5.73 Å². The van der Waals surface area contributed by atoms with Gasteiger partial charge < -0.3 is 5.73 Å². The van der Waals surface area contributed by atoms with Gasteiger partial charge in [-0.1, -0.05) is 23.2 Å². The molecule has 1 atom stereocenters. The van der Waals surface area contributed by atoms with E-state index < -0.39 is 11.9 Å². The minimum Gasteiger partial charge on any atom is -0.324 e. The monoisotopic (exact) mass is 207 g/mol. The average molecular weight is 208 g/mol. The fourth-order valence-electron chi connectivity index (χ4n) is 0.960. The molecular weight excluding hydrogens is 200 g/mol. The quantitative estimate of drug-likeness (QED) is 0.704. The minimum atomic E-state index is -0.448. The van der Waals surface area contributed by atoms with Crippen LogP contribution in [0.2, 0.25) is 10.0 Å². The van der Waals surface area contributed by atoms with Crippen LogP contribution in [0.25, 0.3) is 0 Å². The summed E-state index contributed by atoms with van der Waals surface area (Å²) in [6.07, 6.45) is 0. The van der Waals surface area contributed by atoms with Gasteiger partial charge >= 0.3 is 0 Å². The van der Waals surface area contributed by atoms with Gasteiger partial charge in [0.2, 0.25) is 0 Å². The molecule has 0 aromatic heterocycles. The topological polar surface area (TPSA) is 26.0 Å². The molecule has 0 saturated heterocycles. The molecule has 1 rings (SSSR count). The molecule has 12 heavy (non-hydrogen) atoms. The Balaban J connectivity index is 3.33. The second kappa shape index (κ2) is 3.60. The van der Waals surface area contributed by atoms with Crippen molar-refractivity contribution in [3.05, 3.63) is 33.6 Å². The van der Waals surface area contributed by atoms with Crippen LogP contribution in [-0.2, 0) is 0 Å². The maximum absolute atomic E-state index is 13.1. The molecule has 0 heterocycles. The Morgan fingerprint density at radius 1 is 1.42 bits per heavy atom. The first kappa shape index (κ1) is 9.78. The maximum Gasteiger partial charge on any atom is 0.129 e. The van der Waals surface area contributed by atoms with Gasteiger partial charge in [-0.3, -0.25) is 0 Å². The second-order valence-electron chi connectivity index (χ2n) is 2.55. The fraction of sp³-hybridized carbons (Fsp3) is 0.250. The summed E-state index contributed by atoms with van der Waals surface area (Å²) in [6, 6.07) is 2.22. The van der Waals surface area contributed by atoms with Gasteiger partial charge in [0.1, 0.15) is 5.82 Å². The van der Waals surface area contributed by atoms with E-state index in [-0.39, 0.29) is 10.6 Å². The van der Waals surface area contributed by atoms with Gasteiger partial charge in [-0.05, 0) is 19.1 Å². The van der Waals surface area contributed by atoms with Gasteiger partial charge in [-0.15, -0.1) is 0 Å². The molecule has 0 unspecified atom stereocenters. The van der Waals surface area contributed by atoms with Crippen molar-refractivity contribution in [3.8, 4) is 0 Å². The first-order valence-corrected chi connectivity index (χ1v) is 4.18. The number of hydrogen-bond acceptors (Lipinski definition) is 1. The zero-order chi connectivity index (χ0) is 9.30. The Morgan fingerprint density at radius 3 is 2.42 bits per heavy atom. The Morgan fingerprint density at radius 2 is 2.00 bits per heavy atom. The summed E-state index contributed by atoms with van der Waals surface area (Å²) in [5.74, 6) is -0.417. The van der Waals surface area contributed by atoms with E-state index in [1.165, 1.54) is 12.1 Å². The van der Waals surface area contributed by atoms with Crippen LogP contribution in [0.3, 0.4) is 0 Å². The molecule has 0 aliphatic heterocycles. The van der Waals surface area contributed by atoms with E-state index in [2.05, 4.69) is 0 Å². The third kappa shape index (κ3) is 1.71. The highest BCUT2D eigenvalue weighted by molar-refractivity contribution is 6.42. The summed E-state index contributed by atoms with van der Waals surface area (Å²) in [4.78, 5) is 0. The van der Waals surface area contributed by atoms with Crippen LogP contribution in [0, 0.1) is 5.82 Å². The average Bonchev–Trinajstić information content (AvgIpc) is 1.97. The minimum absolute atomic E-state index is 0.201. The zero-order valence-electron chi connectivity index (χ0n) is 6.44. The van der Waals surface area contributed by atoms with Crippen molar-refractivity contribution in [1.82, 2.24) is 0 Å². The standard InChI is InChI=1S/C8H8Cl2FN/c1-4(12)7-6(11)3-2-5(9)8(7)10/h2-4H,12H2,1H3/t4-/m0/s1. The molecule has 1 aromatic carbocycles. The van der Waals surface area contributed by atoms with E-state index in [0.29, 0.717) is 5.02 Å². The first-order valence-electron chi connectivity index (χ1n) is 3.43. The summed E-state index contributed by atoms with van der Waals surface area (Å²) in [7, 11) is 0. The molecule has 4 heteroatoms. The Hall–Kier alpha value is -0.310. The lowest BCUT2D eigenvalue weighted by atomic mass is 10.1. The van der Waals surface area contributed by atoms with Gasteiger partial charge in [-0.25, -0.2) is 4.39 Å². The Kier molecular flexibility index (Phi) is 2.94. The normalized spacial score (nSPS) is 13.1. The highest BCUT2D eigenvalue weighted by Crippen LogP contribution is 2.30. The summed E-state index contributed by atoms with van der Waals surface area (Å²) >= 11 is 11.4. The van der Waals surface area contributed by atoms with Gasteiger partial charge in [0, 0.05) is 11.6 Å². The molecule has 0 spiro atoms. The lowest BCUT2D eigenvalue weighted by Gasteiger charge is -2.10. The third-order valence-electron chi connectivity index (χ3n) is 1.53. The van der Waals surface area contributed by atoms with E-state index in [1.807, 2.05) is 0 Å². The number of rotatable bonds is 1. The van der Waals surface area contributed by atoms with E-state index in [1.54, 1.807) is 6.92 Å². The van der Waals surface area contributed by atoms with Crippen molar-refractivity contribution >= 4 is 23.2 Å². The molecule has 0 saturated carbocycles. The summed E-state index contributed by atoms with van der Waals surface area (Å²) < 4.78 is 13.1. The summed E-state index contributed by atoms with van der Waals surface area (Å²) in [5.41, 5.74) is 5.77.